The molecule has 1 fully saturated rings. The van der Waals surface area contributed by atoms with Crippen LogP contribution in [0.4, 0.5) is 4.79 Å². The van der Waals surface area contributed by atoms with Crippen LogP contribution in [-0.2, 0) is 14.3 Å². The maximum Gasteiger partial charge on any atom is 0.407 e. The molecule has 1 unspecified atom stereocenters. The van der Waals surface area contributed by atoms with E-state index in [9.17, 15) is 24.0 Å². The SMILES string of the molecule is CC(C)(C)OC(=O)NCCCCCOc1cccc2c1C(=O)N(C1CCC(=O)NC1=O)C2=O. The zero-order valence-electron chi connectivity index (χ0n) is 19.1. The van der Waals surface area contributed by atoms with Crippen LogP contribution >= 0.6 is 0 Å². The van der Waals surface area contributed by atoms with Crippen LogP contribution in [0.5, 0.6) is 5.75 Å². The fourth-order valence-corrected chi connectivity index (χ4v) is 3.69. The van der Waals surface area contributed by atoms with Crippen molar-refractivity contribution in [3.63, 3.8) is 0 Å². The van der Waals surface area contributed by atoms with E-state index in [0.717, 1.165) is 17.7 Å². The molecular weight excluding hydrogens is 430 g/mol. The van der Waals surface area contributed by atoms with E-state index in [1.807, 2.05) is 0 Å². The number of hydrogen-bond donors (Lipinski definition) is 2. The Morgan fingerprint density at radius 2 is 1.88 bits per heavy atom. The number of carbonyl (C=O) groups is 5. The van der Waals surface area contributed by atoms with Gasteiger partial charge in [0.1, 0.15) is 17.4 Å². The number of nitrogens with one attached hydrogen (secondary N) is 2. The quantitative estimate of drug-likeness (QED) is 0.450. The van der Waals surface area contributed by atoms with Gasteiger partial charge in [-0.1, -0.05) is 6.07 Å². The van der Waals surface area contributed by atoms with Crippen molar-refractivity contribution in [2.75, 3.05) is 13.2 Å². The molecule has 0 aliphatic carbocycles. The lowest BCUT2D eigenvalue weighted by Crippen LogP contribution is -2.54. The number of alkyl carbamates (subject to hydrolysis) is 1. The first-order valence-corrected chi connectivity index (χ1v) is 11.0. The minimum atomic E-state index is -1.01. The first-order valence-electron chi connectivity index (χ1n) is 11.0. The van der Waals surface area contributed by atoms with Gasteiger partial charge >= 0.3 is 6.09 Å². The molecule has 0 spiro atoms. The topological polar surface area (TPSA) is 131 Å². The second-order valence-corrected chi connectivity index (χ2v) is 8.96. The van der Waals surface area contributed by atoms with E-state index in [1.54, 1.807) is 32.9 Å². The Kier molecular flexibility index (Phi) is 7.35. The molecule has 0 radical (unpaired) electrons. The number of hydrogen-bond acceptors (Lipinski definition) is 7. The van der Waals surface area contributed by atoms with Gasteiger partial charge in [-0.3, -0.25) is 29.4 Å². The molecular formula is C23H29N3O7. The van der Waals surface area contributed by atoms with Gasteiger partial charge in [0.25, 0.3) is 11.8 Å². The fourth-order valence-electron chi connectivity index (χ4n) is 3.69. The number of benzene rings is 1. The van der Waals surface area contributed by atoms with E-state index in [4.69, 9.17) is 9.47 Å². The van der Waals surface area contributed by atoms with E-state index >= 15 is 0 Å². The van der Waals surface area contributed by atoms with Crippen molar-refractivity contribution in [1.29, 1.82) is 0 Å². The largest absolute Gasteiger partial charge is 0.493 e. The lowest BCUT2D eigenvalue weighted by Gasteiger charge is -2.27. The second kappa shape index (κ2) is 10.0. The summed E-state index contributed by atoms with van der Waals surface area (Å²) in [6.45, 7) is 6.19. The van der Waals surface area contributed by atoms with Crippen molar-refractivity contribution in [1.82, 2.24) is 15.5 Å². The number of ether oxygens (including phenoxy) is 2. The predicted octanol–water partition coefficient (Wildman–Crippen LogP) is 2.16. The van der Waals surface area contributed by atoms with E-state index in [-0.39, 0.29) is 29.7 Å². The summed E-state index contributed by atoms with van der Waals surface area (Å²) in [6.07, 6.45) is 1.90. The van der Waals surface area contributed by atoms with Crippen LogP contribution in [0.2, 0.25) is 0 Å². The molecule has 10 heteroatoms. The summed E-state index contributed by atoms with van der Waals surface area (Å²) < 4.78 is 10.9. The minimum absolute atomic E-state index is 0.0654. The number of nitrogens with zero attached hydrogens (tertiary/aromatic N) is 1. The highest BCUT2D eigenvalue weighted by atomic mass is 16.6. The van der Waals surface area contributed by atoms with E-state index in [0.29, 0.717) is 19.6 Å². The Labute approximate surface area is 192 Å². The van der Waals surface area contributed by atoms with Gasteiger partial charge in [-0.2, -0.15) is 0 Å². The number of carbonyl (C=O) groups excluding carboxylic acids is 5. The highest BCUT2D eigenvalue weighted by Gasteiger charge is 2.45. The average Bonchev–Trinajstić information content (AvgIpc) is 2.97. The molecule has 2 N–H and O–H groups in total. The number of rotatable bonds is 8. The van der Waals surface area contributed by atoms with E-state index < -0.39 is 41.4 Å². The summed E-state index contributed by atoms with van der Waals surface area (Å²) in [7, 11) is 0. The molecule has 3 rings (SSSR count). The zero-order valence-corrected chi connectivity index (χ0v) is 19.1. The molecule has 1 aromatic rings. The van der Waals surface area contributed by atoms with Gasteiger partial charge in [0.15, 0.2) is 0 Å². The molecule has 0 aromatic heterocycles. The van der Waals surface area contributed by atoms with Crippen LogP contribution in [-0.4, -0.2) is 59.4 Å². The number of imide groups is 2. The third-order valence-electron chi connectivity index (χ3n) is 5.18. The van der Waals surface area contributed by atoms with Crippen LogP contribution in [0.3, 0.4) is 0 Å². The number of amides is 5. The molecule has 1 saturated heterocycles. The molecule has 33 heavy (non-hydrogen) atoms. The van der Waals surface area contributed by atoms with Gasteiger partial charge in [0, 0.05) is 13.0 Å². The molecule has 2 aliphatic heterocycles. The van der Waals surface area contributed by atoms with Crippen LogP contribution < -0.4 is 15.4 Å². The van der Waals surface area contributed by atoms with Crippen molar-refractivity contribution in [2.24, 2.45) is 0 Å². The molecule has 1 atom stereocenters. The normalized spacial score (nSPS) is 18.2. The molecule has 178 valence electrons. The lowest BCUT2D eigenvalue weighted by atomic mass is 10.0. The first-order chi connectivity index (χ1) is 15.6. The summed E-state index contributed by atoms with van der Waals surface area (Å²) in [5.74, 6) is -1.95. The fraction of sp³-hybridized carbons (Fsp3) is 0.522. The summed E-state index contributed by atoms with van der Waals surface area (Å²) >= 11 is 0. The Morgan fingerprint density at radius 1 is 1.12 bits per heavy atom. The molecule has 0 bridgehead atoms. The van der Waals surface area contributed by atoms with Gasteiger partial charge < -0.3 is 14.8 Å². The molecule has 10 nitrogen and oxygen atoms in total. The van der Waals surface area contributed by atoms with Crippen molar-refractivity contribution < 1.29 is 33.4 Å². The summed E-state index contributed by atoms with van der Waals surface area (Å²) in [4.78, 5) is 61.9. The molecule has 1 aromatic carbocycles. The van der Waals surface area contributed by atoms with Crippen LogP contribution in [0, 0.1) is 0 Å². The van der Waals surface area contributed by atoms with E-state index in [2.05, 4.69) is 10.6 Å². The minimum Gasteiger partial charge on any atom is -0.493 e. The number of piperidine rings is 1. The van der Waals surface area contributed by atoms with Gasteiger partial charge in [-0.15, -0.1) is 0 Å². The smallest absolute Gasteiger partial charge is 0.407 e. The van der Waals surface area contributed by atoms with Crippen molar-refractivity contribution in [3.05, 3.63) is 29.3 Å². The summed E-state index contributed by atoms with van der Waals surface area (Å²) in [5, 5.41) is 4.87. The Bertz CT molecular complexity index is 967. The monoisotopic (exact) mass is 459 g/mol. The van der Waals surface area contributed by atoms with Crippen molar-refractivity contribution >= 4 is 29.7 Å². The Morgan fingerprint density at radius 3 is 2.58 bits per heavy atom. The van der Waals surface area contributed by atoms with Gasteiger partial charge in [-0.25, -0.2) is 4.79 Å². The predicted molar refractivity (Wildman–Crippen MR) is 117 cm³/mol. The van der Waals surface area contributed by atoms with Gasteiger partial charge in [0.2, 0.25) is 11.8 Å². The van der Waals surface area contributed by atoms with Crippen LogP contribution in [0.15, 0.2) is 18.2 Å². The molecule has 2 heterocycles. The second-order valence-electron chi connectivity index (χ2n) is 8.96. The standard InChI is InChI=1S/C23H29N3O7/c1-23(2,3)33-22(31)24-12-5-4-6-13-32-16-9-7-8-14-18(16)21(30)26(20(14)29)15-10-11-17(27)25-19(15)28/h7-9,15H,4-6,10-13H2,1-3H3,(H,24,31)(H,25,27,28). The highest BCUT2D eigenvalue weighted by molar-refractivity contribution is 6.24. The lowest BCUT2D eigenvalue weighted by molar-refractivity contribution is -0.136. The maximum atomic E-state index is 13.0. The first kappa shape index (κ1) is 24.2. The van der Waals surface area contributed by atoms with Gasteiger partial charge in [0.05, 0.1) is 17.7 Å². The van der Waals surface area contributed by atoms with Crippen molar-refractivity contribution in [2.45, 2.75) is 64.5 Å². The highest BCUT2D eigenvalue weighted by Crippen LogP contribution is 2.33. The summed E-state index contributed by atoms with van der Waals surface area (Å²) in [5.41, 5.74) is -0.219. The van der Waals surface area contributed by atoms with Gasteiger partial charge in [-0.05, 0) is 58.6 Å². The molecule has 0 saturated carbocycles. The van der Waals surface area contributed by atoms with Crippen molar-refractivity contribution in [3.8, 4) is 5.75 Å². The Hall–Kier alpha value is -3.43. The zero-order chi connectivity index (χ0) is 24.2. The summed E-state index contributed by atoms with van der Waals surface area (Å²) in [6, 6.07) is 3.75. The van der Waals surface area contributed by atoms with Crippen LogP contribution in [0.25, 0.3) is 0 Å². The van der Waals surface area contributed by atoms with E-state index in [1.165, 1.54) is 6.07 Å². The number of fused-ring (bicyclic) bond motifs is 1. The molecule has 5 amide bonds. The average molecular weight is 459 g/mol. The van der Waals surface area contributed by atoms with Crippen LogP contribution in [0.1, 0.15) is 73.6 Å². The third-order valence-corrected chi connectivity index (χ3v) is 5.18. The number of unbranched alkanes of at least 4 members (excludes halogenated alkanes) is 2. The third kappa shape index (κ3) is 5.88. The molecule has 2 aliphatic rings. The Balaban J connectivity index is 1.50. The maximum absolute atomic E-state index is 13.0.